The first-order chi connectivity index (χ1) is 12.7. The Kier molecular flexibility index (Phi) is 4.64. The lowest BCUT2D eigenvalue weighted by atomic mass is 10.0. The van der Waals surface area contributed by atoms with Crippen molar-refractivity contribution in [1.82, 2.24) is 14.9 Å². The molecule has 4 rings (SSSR count). The van der Waals surface area contributed by atoms with Crippen LogP contribution >= 0.6 is 0 Å². The molecular formula is C22H22N4. The third-order valence-electron chi connectivity index (χ3n) is 5.32. The Bertz CT molecular complexity index is 973. The number of pyridine rings is 2. The summed E-state index contributed by atoms with van der Waals surface area (Å²) in [6.45, 7) is 4.62. The molecule has 1 unspecified atom stereocenters. The van der Waals surface area contributed by atoms with E-state index in [2.05, 4.69) is 52.1 Å². The highest BCUT2D eigenvalue weighted by atomic mass is 15.2. The fourth-order valence-electron chi connectivity index (χ4n) is 3.75. The number of fused-ring (bicyclic) bond motifs is 1. The standard InChI is InChI=1S/C22H22N4/c1-16-3-2-7-26(16)8-6-22-11-19-5-4-18(10-21(19)15-25-22)20-9-17(12-23)13-24-14-20/h4-5,9-11,13-16H,2-3,6-8H2,1H3. The van der Waals surface area contributed by atoms with E-state index in [1.807, 2.05) is 12.3 Å². The van der Waals surface area contributed by atoms with Gasteiger partial charge in [0.2, 0.25) is 0 Å². The zero-order valence-electron chi connectivity index (χ0n) is 15.0. The summed E-state index contributed by atoms with van der Waals surface area (Å²) in [7, 11) is 0. The van der Waals surface area contributed by atoms with Crippen LogP contribution < -0.4 is 0 Å². The van der Waals surface area contributed by atoms with E-state index in [1.54, 1.807) is 12.4 Å². The first kappa shape index (κ1) is 16.7. The molecule has 4 nitrogen and oxygen atoms in total. The van der Waals surface area contributed by atoms with Crippen molar-refractivity contribution in [3.05, 3.63) is 60.2 Å². The van der Waals surface area contributed by atoms with Crippen LogP contribution in [-0.2, 0) is 6.42 Å². The lowest BCUT2D eigenvalue weighted by Crippen LogP contribution is -2.29. The van der Waals surface area contributed by atoms with Crippen LogP contribution in [0.4, 0.5) is 0 Å². The molecule has 1 saturated heterocycles. The Hall–Kier alpha value is -2.77. The Balaban J connectivity index is 1.55. The maximum Gasteiger partial charge on any atom is 0.101 e. The summed E-state index contributed by atoms with van der Waals surface area (Å²) in [5.41, 5.74) is 3.74. The Morgan fingerprint density at radius 2 is 2.04 bits per heavy atom. The molecule has 1 aromatic carbocycles. The van der Waals surface area contributed by atoms with Gasteiger partial charge in [-0.2, -0.15) is 5.26 Å². The van der Waals surface area contributed by atoms with Crippen LogP contribution in [0.25, 0.3) is 21.9 Å². The summed E-state index contributed by atoms with van der Waals surface area (Å²) in [6.07, 6.45) is 8.96. The quantitative estimate of drug-likeness (QED) is 0.713. The number of rotatable bonds is 4. The molecule has 0 saturated carbocycles. The van der Waals surface area contributed by atoms with Gasteiger partial charge in [0.25, 0.3) is 0 Å². The summed E-state index contributed by atoms with van der Waals surface area (Å²) >= 11 is 0. The Labute approximate surface area is 154 Å². The second kappa shape index (κ2) is 7.23. The van der Waals surface area contributed by atoms with Crippen LogP contribution in [0.1, 0.15) is 31.0 Å². The molecule has 3 heterocycles. The molecule has 1 aliphatic rings. The van der Waals surface area contributed by atoms with Crippen molar-refractivity contribution in [1.29, 1.82) is 5.26 Å². The smallest absolute Gasteiger partial charge is 0.101 e. The van der Waals surface area contributed by atoms with Gasteiger partial charge in [-0.25, -0.2) is 0 Å². The molecule has 0 bridgehead atoms. The zero-order chi connectivity index (χ0) is 17.9. The van der Waals surface area contributed by atoms with Crippen molar-refractivity contribution in [3.63, 3.8) is 0 Å². The normalized spacial score (nSPS) is 17.5. The van der Waals surface area contributed by atoms with Crippen LogP contribution in [0.15, 0.2) is 48.9 Å². The van der Waals surface area contributed by atoms with Gasteiger partial charge >= 0.3 is 0 Å². The molecule has 1 fully saturated rings. The molecular weight excluding hydrogens is 320 g/mol. The lowest BCUT2D eigenvalue weighted by Gasteiger charge is -2.20. The molecule has 1 atom stereocenters. The number of hydrogen-bond donors (Lipinski definition) is 0. The summed E-state index contributed by atoms with van der Waals surface area (Å²) in [5.74, 6) is 0. The first-order valence-electron chi connectivity index (χ1n) is 9.21. The van der Waals surface area contributed by atoms with E-state index >= 15 is 0 Å². The van der Waals surface area contributed by atoms with Gasteiger partial charge in [-0.1, -0.05) is 12.1 Å². The number of likely N-dealkylation sites (tertiary alicyclic amines) is 1. The molecule has 0 amide bonds. The summed E-state index contributed by atoms with van der Waals surface area (Å²) < 4.78 is 0. The van der Waals surface area contributed by atoms with E-state index in [4.69, 9.17) is 5.26 Å². The molecule has 1 aliphatic heterocycles. The highest BCUT2D eigenvalue weighted by Crippen LogP contribution is 2.25. The molecule has 0 N–H and O–H groups in total. The second-order valence-electron chi connectivity index (χ2n) is 7.09. The van der Waals surface area contributed by atoms with Crippen LogP contribution in [0.2, 0.25) is 0 Å². The van der Waals surface area contributed by atoms with Gasteiger partial charge in [0.05, 0.1) is 5.56 Å². The number of nitrogens with zero attached hydrogens (tertiary/aromatic N) is 4. The fraction of sp³-hybridized carbons (Fsp3) is 0.318. The maximum absolute atomic E-state index is 9.05. The van der Waals surface area contributed by atoms with E-state index in [9.17, 15) is 0 Å². The second-order valence-corrected chi connectivity index (χ2v) is 7.09. The zero-order valence-corrected chi connectivity index (χ0v) is 15.0. The van der Waals surface area contributed by atoms with Crippen LogP contribution in [0, 0.1) is 11.3 Å². The fourth-order valence-corrected chi connectivity index (χ4v) is 3.75. The Morgan fingerprint density at radius 1 is 1.12 bits per heavy atom. The van der Waals surface area contributed by atoms with Gasteiger partial charge in [0.15, 0.2) is 0 Å². The molecule has 3 aromatic rings. The third-order valence-corrected chi connectivity index (χ3v) is 5.32. The highest BCUT2D eigenvalue weighted by Gasteiger charge is 2.19. The lowest BCUT2D eigenvalue weighted by molar-refractivity contribution is 0.271. The topological polar surface area (TPSA) is 52.8 Å². The minimum atomic E-state index is 0.576. The summed E-state index contributed by atoms with van der Waals surface area (Å²) in [6, 6.07) is 13.3. The maximum atomic E-state index is 9.05. The van der Waals surface area contributed by atoms with Gasteiger partial charge < -0.3 is 4.90 Å². The van der Waals surface area contributed by atoms with E-state index < -0.39 is 0 Å². The van der Waals surface area contributed by atoms with E-state index in [1.165, 1.54) is 24.8 Å². The predicted molar refractivity (Wildman–Crippen MR) is 104 cm³/mol. The highest BCUT2D eigenvalue weighted by molar-refractivity contribution is 5.87. The van der Waals surface area contributed by atoms with Crippen molar-refractivity contribution in [2.75, 3.05) is 13.1 Å². The molecule has 4 heteroatoms. The average molecular weight is 342 g/mol. The van der Waals surface area contributed by atoms with Crippen molar-refractivity contribution in [3.8, 4) is 17.2 Å². The van der Waals surface area contributed by atoms with Crippen molar-refractivity contribution in [2.24, 2.45) is 0 Å². The van der Waals surface area contributed by atoms with Gasteiger partial charge in [-0.05, 0) is 55.5 Å². The molecule has 26 heavy (non-hydrogen) atoms. The van der Waals surface area contributed by atoms with Gasteiger partial charge in [-0.15, -0.1) is 0 Å². The number of hydrogen-bond acceptors (Lipinski definition) is 4. The van der Waals surface area contributed by atoms with Crippen molar-refractivity contribution < 1.29 is 0 Å². The predicted octanol–water partition coefficient (Wildman–Crippen LogP) is 4.20. The van der Waals surface area contributed by atoms with Gasteiger partial charge in [0.1, 0.15) is 6.07 Å². The van der Waals surface area contributed by atoms with Crippen LogP contribution in [0.3, 0.4) is 0 Å². The van der Waals surface area contributed by atoms with Crippen LogP contribution in [0.5, 0.6) is 0 Å². The summed E-state index contributed by atoms with van der Waals surface area (Å²) in [4.78, 5) is 11.4. The minimum absolute atomic E-state index is 0.576. The van der Waals surface area contributed by atoms with Gasteiger partial charge in [-0.3, -0.25) is 9.97 Å². The number of nitriles is 1. The summed E-state index contributed by atoms with van der Waals surface area (Å²) in [5, 5.41) is 11.4. The number of benzene rings is 1. The molecule has 130 valence electrons. The first-order valence-corrected chi connectivity index (χ1v) is 9.21. The third kappa shape index (κ3) is 3.44. The monoisotopic (exact) mass is 342 g/mol. The van der Waals surface area contributed by atoms with E-state index in [0.717, 1.165) is 35.2 Å². The van der Waals surface area contributed by atoms with Gasteiger partial charge in [0, 0.05) is 54.2 Å². The molecule has 2 aromatic heterocycles. The minimum Gasteiger partial charge on any atom is -0.300 e. The Morgan fingerprint density at radius 3 is 2.85 bits per heavy atom. The average Bonchev–Trinajstić information content (AvgIpc) is 3.10. The van der Waals surface area contributed by atoms with E-state index in [-0.39, 0.29) is 0 Å². The van der Waals surface area contributed by atoms with E-state index in [0.29, 0.717) is 11.6 Å². The van der Waals surface area contributed by atoms with Crippen LogP contribution in [-0.4, -0.2) is 34.0 Å². The number of aromatic nitrogens is 2. The molecule has 0 aliphatic carbocycles. The molecule has 0 radical (unpaired) electrons. The largest absolute Gasteiger partial charge is 0.300 e. The SMILES string of the molecule is CC1CCCN1CCc1cc2ccc(-c3cncc(C#N)c3)cc2cn1. The van der Waals surface area contributed by atoms with Crippen molar-refractivity contribution in [2.45, 2.75) is 32.2 Å². The van der Waals surface area contributed by atoms with Crippen molar-refractivity contribution >= 4 is 10.8 Å². The molecule has 0 spiro atoms.